The van der Waals surface area contributed by atoms with Crippen LogP contribution in [0, 0.1) is 19.8 Å². The van der Waals surface area contributed by atoms with E-state index in [-0.39, 0.29) is 0 Å². The molecule has 2 aromatic rings. The van der Waals surface area contributed by atoms with Crippen LogP contribution in [0.3, 0.4) is 0 Å². The minimum Gasteiger partial charge on any atom is -0.377 e. The van der Waals surface area contributed by atoms with E-state index < -0.39 is 0 Å². The molecule has 1 heteroatoms. The fourth-order valence-electron chi connectivity index (χ4n) is 4.06. The summed E-state index contributed by atoms with van der Waals surface area (Å²) in [6.07, 6.45) is 5.95. The van der Waals surface area contributed by atoms with Crippen molar-refractivity contribution in [3.8, 4) is 0 Å². The molecule has 0 amide bonds. The van der Waals surface area contributed by atoms with Crippen molar-refractivity contribution in [2.75, 3.05) is 5.32 Å². The molecule has 1 aliphatic heterocycles. The molecule has 4 rings (SSSR count). The molecule has 3 atom stereocenters. The van der Waals surface area contributed by atoms with E-state index in [9.17, 15) is 0 Å². The molecule has 2 aliphatic rings. The molecule has 21 heavy (non-hydrogen) atoms. The van der Waals surface area contributed by atoms with Crippen LogP contribution in [0.25, 0.3) is 0 Å². The van der Waals surface area contributed by atoms with Gasteiger partial charge in [-0.05, 0) is 42.9 Å². The van der Waals surface area contributed by atoms with Gasteiger partial charge in [-0.1, -0.05) is 60.2 Å². The number of hydrogen-bond donors (Lipinski definition) is 1. The monoisotopic (exact) mass is 275 g/mol. The molecule has 0 aromatic heterocycles. The van der Waals surface area contributed by atoms with E-state index in [1.165, 1.54) is 34.4 Å². The topological polar surface area (TPSA) is 12.0 Å². The standard InChI is InChI=1S/C20H21N/c1-13-11-14(2)19-18(12-13)16-9-6-10-17(16)20(21-19)15-7-4-3-5-8-15/h3-9,11-12,16-17,20-21H,10H2,1-2H3/t16-,17+,20+/m1/s1. The number of anilines is 1. The first-order valence-corrected chi connectivity index (χ1v) is 7.83. The first-order valence-electron chi connectivity index (χ1n) is 7.83. The lowest BCUT2D eigenvalue weighted by atomic mass is 9.76. The van der Waals surface area contributed by atoms with Crippen LogP contribution in [0.1, 0.15) is 40.6 Å². The Labute approximate surface area is 126 Å². The van der Waals surface area contributed by atoms with E-state index in [0.717, 1.165) is 0 Å². The second kappa shape index (κ2) is 4.77. The maximum atomic E-state index is 3.84. The highest BCUT2D eigenvalue weighted by Gasteiger charge is 2.38. The summed E-state index contributed by atoms with van der Waals surface area (Å²) in [4.78, 5) is 0. The van der Waals surface area contributed by atoms with Crippen molar-refractivity contribution in [3.05, 3.63) is 76.9 Å². The Morgan fingerprint density at radius 3 is 2.67 bits per heavy atom. The molecule has 106 valence electrons. The summed E-state index contributed by atoms with van der Waals surface area (Å²) in [7, 11) is 0. The Bertz CT molecular complexity index is 699. The number of rotatable bonds is 1. The fourth-order valence-corrected chi connectivity index (χ4v) is 4.06. The van der Waals surface area contributed by atoms with Gasteiger partial charge in [0, 0.05) is 11.6 Å². The average Bonchev–Trinajstić information content (AvgIpc) is 2.97. The van der Waals surface area contributed by atoms with E-state index in [1.807, 2.05) is 0 Å². The van der Waals surface area contributed by atoms with Crippen LogP contribution in [0.15, 0.2) is 54.6 Å². The van der Waals surface area contributed by atoms with Crippen molar-refractivity contribution in [1.82, 2.24) is 0 Å². The molecule has 1 nitrogen and oxygen atoms in total. The van der Waals surface area contributed by atoms with Crippen molar-refractivity contribution in [1.29, 1.82) is 0 Å². The van der Waals surface area contributed by atoms with Gasteiger partial charge in [0.2, 0.25) is 0 Å². The number of aryl methyl sites for hydroxylation is 2. The Morgan fingerprint density at radius 2 is 1.86 bits per heavy atom. The second-order valence-corrected chi connectivity index (χ2v) is 6.43. The predicted octanol–water partition coefficient (Wildman–Crippen LogP) is 5.13. The summed E-state index contributed by atoms with van der Waals surface area (Å²) in [6.45, 7) is 4.42. The highest BCUT2D eigenvalue weighted by Crippen LogP contribution is 2.50. The molecular weight excluding hydrogens is 254 g/mol. The molecule has 0 unspecified atom stereocenters. The van der Waals surface area contributed by atoms with Crippen molar-refractivity contribution >= 4 is 5.69 Å². The quantitative estimate of drug-likeness (QED) is 0.711. The summed E-state index contributed by atoms with van der Waals surface area (Å²) in [6, 6.07) is 16.0. The number of fused-ring (bicyclic) bond motifs is 3. The normalized spacial score (nSPS) is 26.1. The number of benzene rings is 2. The molecule has 0 saturated heterocycles. The van der Waals surface area contributed by atoms with E-state index in [1.54, 1.807) is 0 Å². The predicted molar refractivity (Wildman–Crippen MR) is 88.7 cm³/mol. The molecule has 1 heterocycles. The molecule has 0 bridgehead atoms. The third kappa shape index (κ3) is 1.99. The van der Waals surface area contributed by atoms with Crippen LogP contribution in [0.5, 0.6) is 0 Å². The smallest absolute Gasteiger partial charge is 0.0554 e. The van der Waals surface area contributed by atoms with Gasteiger partial charge in [0.05, 0.1) is 6.04 Å². The number of allylic oxidation sites excluding steroid dienone is 2. The van der Waals surface area contributed by atoms with E-state index in [2.05, 4.69) is 73.8 Å². The number of hydrogen-bond acceptors (Lipinski definition) is 1. The highest BCUT2D eigenvalue weighted by atomic mass is 15.0. The van der Waals surface area contributed by atoms with Gasteiger partial charge in [0.1, 0.15) is 0 Å². The summed E-state index contributed by atoms with van der Waals surface area (Å²) in [5, 5.41) is 3.84. The highest BCUT2D eigenvalue weighted by molar-refractivity contribution is 5.65. The molecule has 0 radical (unpaired) electrons. The van der Waals surface area contributed by atoms with Gasteiger partial charge in [-0.15, -0.1) is 0 Å². The van der Waals surface area contributed by atoms with Crippen LogP contribution >= 0.6 is 0 Å². The van der Waals surface area contributed by atoms with Gasteiger partial charge >= 0.3 is 0 Å². The minimum absolute atomic E-state index is 0.417. The summed E-state index contributed by atoms with van der Waals surface area (Å²) >= 11 is 0. The minimum atomic E-state index is 0.417. The lowest BCUT2D eigenvalue weighted by molar-refractivity contribution is 0.425. The molecular formula is C20H21N. The third-order valence-electron chi connectivity index (χ3n) is 4.97. The van der Waals surface area contributed by atoms with Crippen molar-refractivity contribution in [3.63, 3.8) is 0 Å². The average molecular weight is 275 g/mol. The summed E-state index contributed by atoms with van der Waals surface area (Å²) in [5.41, 5.74) is 6.97. The van der Waals surface area contributed by atoms with Crippen LogP contribution in [0.2, 0.25) is 0 Å². The van der Waals surface area contributed by atoms with Gasteiger partial charge in [-0.25, -0.2) is 0 Å². The molecule has 0 spiro atoms. The molecule has 2 aromatic carbocycles. The number of nitrogens with one attached hydrogen (secondary N) is 1. The van der Waals surface area contributed by atoms with Gasteiger partial charge in [0.15, 0.2) is 0 Å². The maximum Gasteiger partial charge on any atom is 0.0554 e. The zero-order valence-corrected chi connectivity index (χ0v) is 12.6. The Morgan fingerprint density at radius 1 is 1.05 bits per heavy atom. The lowest BCUT2D eigenvalue weighted by Crippen LogP contribution is -2.29. The lowest BCUT2D eigenvalue weighted by Gasteiger charge is -2.38. The molecule has 1 N–H and O–H groups in total. The molecule has 0 fully saturated rings. The summed E-state index contributed by atoms with van der Waals surface area (Å²) in [5.74, 6) is 1.20. The first kappa shape index (κ1) is 12.7. The molecule has 0 saturated carbocycles. The van der Waals surface area contributed by atoms with Crippen LogP contribution in [-0.4, -0.2) is 0 Å². The third-order valence-corrected chi connectivity index (χ3v) is 4.97. The first-order chi connectivity index (χ1) is 10.2. The Balaban J connectivity index is 1.84. The Kier molecular flexibility index (Phi) is 2.88. The van der Waals surface area contributed by atoms with Gasteiger partial charge in [-0.2, -0.15) is 0 Å². The van der Waals surface area contributed by atoms with Gasteiger partial charge < -0.3 is 5.32 Å². The van der Waals surface area contributed by atoms with E-state index in [0.29, 0.717) is 17.9 Å². The van der Waals surface area contributed by atoms with Crippen molar-refractivity contribution < 1.29 is 0 Å². The van der Waals surface area contributed by atoms with Crippen molar-refractivity contribution in [2.45, 2.75) is 32.2 Å². The van der Waals surface area contributed by atoms with Crippen LogP contribution in [0.4, 0.5) is 5.69 Å². The fraction of sp³-hybridized carbons (Fsp3) is 0.300. The van der Waals surface area contributed by atoms with Gasteiger partial charge in [0.25, 0.3) is 0 Å². The molecule has 1 aliphatic carbocycles. The zero-order chi connectivity index (χ0) is 14.4. The van der Waals surface area contributed by atoms with Gasteiger partial charge in [-0.3, -0.25) is 0 Å². The summed E-state index contributed by atoms with van der Waals surface area (Å²) < 4.78 is 0. The SMILES string of the molecule is Cc1cc(C)c2c(c1)[C@@H]1C=CC[C@@H]1[C@H](c1ccccc1)N2. The van der Waals surface area contributed by atoms with Crippen molar-refractivity contribution in [2.24, 2.45) is 5.92 Å². The van der Waals surface area contributed by atoms with Crippen LogP contribution in [-0.2, 0) is 0 Å². The maximum absolute atomic E-state index is 3.84. The second-order valence-electron chi connectivity index (χ2n) is 6.43. The van der Waals surface area contributed by atoms with E-state index in [4.69, 9.17) is 0 Å². The van der Waals surface area contributed by atoms with Crippen LogP contribution < -0.4 is 5.32 Å². The van der Waals surface area contributed by atoms with E-state index >= 15 is 0 Å². The Hall–Kier alpha value is -2.02. The largest absolute Gasteiger partial charge is 0.377 e. The zero-order valence-electron chi connectivity index (χ0n) is 12.6.